The summed E-state index contributed by atoms with van der Waals surface area (Å²) in [5.74, 6) is -0.819. The van der Waals surface area contributed by atoms with Gasteiger partial charge in [0.1, 0.15) is 19.8 Å². The topological polar surface area (TPSA) is 108 Å². The molecule has 0 bridgehead atoms. The zero-order valence-electron chi connectivity index (χ0n) is 57.8. The van der Waals surface area contributed by atoms with Crippen molar-refractivity contribution in [3.8, 4) is 0 Å². The van der Waals surface area contributed by atoms with Gasteiger partial charge in [0.15, 0.2) is 6.10 Å². The van der Waals surface area contributed by atoms with Crippen molar-refractivity contribution >= 4 is 19.8 Å². The SMILES string of the molecule is CC/C=C\C/C=C\C/C=C\C/C=C\C/C=C\C/C=C\C/C=C\C/C=C\C/C=C\C/C=C\CCCCCCCCCCCCC(=O)OC(COC(=O)CCCCCCCCCCC/C=C\C/C=C\C/C=C\C/C=C\C/C=C\CC)COP(=O)(O)OCC[N+](C)(C)C. The van der Waals surface area contributed by atoms with Crippen LogP contribution in [0.3, 0.4) is 0 Å². The number of hydrogen-bond donors (Lipinski definition) is 1. The molecule has 0 rings (SSSR count). The van der Waals surface area contributed by atoms with Gasteiger partial charge in [0, 0.05) is 12.8 Å². The second-order valence-electron chi connectivity index (χ2n) is 24.2. The van der Waals surface area contributed by atoms with E-state index in [2.05, 4.69) is 196 Å². The highest BCUT2D eigenvalue weighted by atomic mass is 31.2. The summed E-state index contributed by atoms with van der Waals surface area (Å²) in [6.45, 7) is 4.18. The van der Waals surface area contributed by atoms with Crippen LogP contribution in [0.5, 0.6) is 0 Å². The molecule has 0 aromatic rings. The summed E-state index contributed by atoms with van der Waals surface area (Å²) in [4.78, 5) is 35.9. The highest BCUT2D eigenvalue weighted by Gasteiger charge is 2.27. The van der Waals surface area contributed by atoms with Gasteiger partial charge in [-0.3, -0.25) is 18.6 Å². The maximum Gasteiger partial charge on any atom is 0.472 e. The van der Waals surface area contributed by atoms with Crippen LogP contribution in [0.15, 0.2) is 182 Å². The van der Waals surface area contributed by atoms with Gasteiger partial charge in [0.05, 0.1) is 27.7 Å². The maximum atomic E-state index is 12.9. The molecule has 0 saturated carbocycles. The second kappa shape index (κ2) is 68.5. The number of carbonyl (C=O) groups excluding carboxylic acids is 2. The quantitative estimate of drug-likeness (QED) is 0.0211. The minimum atomic E-state index is -4.41. The molecule has 9 nitrogen and oxygen atoms in total. The van der Waals surface area contributed by atoms with Crippen molar-refractivity contribution in [3.05, 3.63) is 182 Å². The van der Waals surface area contributed by atoms with Crippen LogP contribution in [0.1, 0.15) is 258 Å². The van der Waals surface area contributed by atoms with E-state index in [9.17, 15) is 19.0 Å². The number of ether oxygens (including phenoxy) is 2. The van der Waals surface area contributed by atoms with Gasteiger partial charge in [-0.15, -0.1) is 0 Å². The van der Waals surface area contributed by atoms with Crippen LogP contribution in [0, 0.1) is 0 Å². The van der Waals surface area contributed by atoms with Crippen molar-refractivity contribution in [2.75, 3.05) is 47.5 Å². The molecule has 0 aromatic heterocycles. The van der Waals surface area contributed by atoms with E-state index in [-0.39, 0.29) is 32.0 Å². The lowest BCUT2D eigenvalue weighted by Gasteiger charge is -2.24. The molecule has 10 heteroatoms. The molecule has 0 aliphatic carbocycles. The van der Waals surface area contributed by atoms with Gasteiger partial charge in [-0.25, -0.2) is 4.57 Å². The number of quaternary nitrogens is 1. The van der Waals surface area contributed by atoms with Gasteiger partial charge < -0.3 is 18.9 Å². The van der Waals surface area contributed by atoms with Gasteiger partial charge in [0.25, 0.3) is 0 Å². The smallest absolute Gasteiger partial charge is 0.462 e. The average molecular weight is 1270 g/mol. The van der Waals surface area contributed by atoms with Crippen molar-refractivity contribution in [1.29, 1.82) is 0 Å². The number of unbranched alkanes of at least 4 members (excludes halogenated alkanes) is 19. The summed E-state index contributed by atoms with van der Waals surface area (Å²) in [5.41, 5.74) is 0. The number of nitrogens with zero attached hydrogens (tertiary/aromatic N) is 1. The Balaban J connectivity index is 4.12. The summed E-state index contributed by atoms with van der Waals surface area (Å²) in [5, 5.41) is 0. The van der Waals surface area contributed by atoms with E-state index < -0.39 is 26.5 Å². The average Bonchev–Trinajstić information content (AvgIpc) is 3.62. The number of phosphoric acid groups is 1. The highest BCUT2D eigenvalue weighted by molar-refractivity contribution is 7.47. The Kier molecular flexibility index (Phi) is 64.8. The van der Waals surface area contributed by atoms with Crippen LogP contribution < -0.4 is 0 Å². The number of phosphoric ester groups is 1. The van der Waals surface area contributed by atoms with Crippen molar-refractivity contribution in [1.82, 2.24) is 0 Å². The minimum Gasteiger partial charge on any atom is -0.462 e. The van der Waals surface area contributed by atoms with Gasteiger partial charge in [-0.2, -0.15) is 0 Å². The lowest BCUT2D eigenvalue weighted by atomic mass is 10.0. The van der Waals surface area contributed by atoms with E-state index in [1.807, 2.05) is 21.1 Å². The first-order chi connectivity index (χ1) is 44.0. The third-order valence-electron chi connectivity index (χ3n) is 14.4. The van der Waals surface area contributed by atoms with Crippen molar-refractivity contribution in [2.45, 2.75) is 264 Å². The Morgan fingerprint density at radius 2 is 0.600 bits per heavy atom. The number of hydrogen-bond acceptors (Lipinski definition) is 7. The highest BCUT2D eigenvalue weighted by Crippen LogP contribution is 2.43. The second-order valence-corrected chi connectivity index (χ2v) is 25.6. The third-order valence-corrected chi connectivity index (χ3v) is 15.4. The molecular weight excluding hydrogens is 1130 g/mol. The molecule has 0 spiro atoms. The molecule has 2 unspecified atom stereocenters. The fourth-order valence-corrected chi connectivity index (χ4v) is 9.81. The maximum absolute atomic E-state index is 12.9. The number of esters is 2. The Morgan fingerprint density at radius 1 is 0.344 bits per heavy atom. The molecule has 0 amide bonds. The van der Waals surface area contributed by atoms with Crippen LogP contribution in [-0.2, 0) is 32.7 Å². The number of rotatable bonds is 63. The normalized spacial score (nSPS) is 14.2. The van der Waals surface area contributed by atoms with Crippen molar-refractivity contribution < 1.29 is 42.1 Å². The zero-order chi connectivity index (χ0) is 65.5. The van der Waals surface area contributed by atoms with E-state index in [0.717, 1.165) is 154 Å². The standard InChI is InChI=1S/C80H130NO8P/c1-6-8-10-12-14-16-18-20-22-24-26-28-30-32-33-34-35-36-37-38-39-40-41-42-43-44-45-46-47-49-51-53-55-57-59-61-63-65-67-69-71-73-80(83)89-78(77-88-90(84,85)87-75-74-81(3,4)5)76-86-79(82)72-70-68-66-64-62-60-58-56-54-52-50-48-31-29-27-25-23-21-19-17-15-13-11-9-7-2/h8-11,14-17,20-23,26-29,32-33,35-36,38-39,41-42,44-45,47-50,78H,6-7,12-13,18-19,24-25,30-31,34,37,40,43,46,51-77H2,1-5H3/p+1/b10-8-,11-9-,16-14-,17-15-,22-20-,23-21-,28-26-,29-27-,33-32-,36-35-,39-38-,42-41-,45-44-,49-47-,50-48-. The molecule has 2 atom stereocenters. The molecule has 0 saturated heterocycles. The molecule has 0 fully saturated rings. The summed E-state index contributed by atoms with van der Waals surface area (Å²) < 4.78 is 34.7. The van der Waals surface area contributed by atoms with E-state index in [4.69, 9.17) is 18.5 Å². The molecule has 0 radical (unpaired) electrons. The van der Waals surface area contributed by atoms with Gasteiger partial charge in [0.2, 0.25) is 0 Å². The summed E-state index contributed by atoms with van der Waals surface area (Å²) in [7, 11) is 1.45. The number of likely N-dealkylation sites (N-methyl/N-ethyl adjacent to an activating group) is 1. The predicted octanol–water partition coefficient (Wildman–Crippen LogP) is 23.5. The Labute approximate surface area is 552 Å². The number of allylic oxidation sites excluding steroid dienone is 30. The van der Waals surface area contributed by atoms with Crippen LogP contribution in [0.25, 0.3) is 0 Å². The molecular formula is C80H131NO8P+. The molecule has 0 heterocycles. The van der Waals surface area contributed by atoms with Crippen LogP contribution in [0.4, 0.5) is 0 Å². The van der Waals surface area contributed by atoms with E-state index >= 15 is 0 Å². The van der Waals surface area contributed by atoms with Crippen LogP contribution in [-0.4, -0.2) is 74.9 Å². The van der Waals surface area contributed by atoms with E-state index in [1.165, 1.54) is 70.6 Å². The Morgan fingerprint density at radius 3 is 0.889 bits per heavy atom. The van der Waals surface area contributed by atoms with Gasteiger partial charge in [-0.1, -0.05) is 292 Å². The largest absolute Gasteiger partial charge is 0.472 e. The van der Waals surface area contributed by atoms with Crippen molar-refractivity contribution in [3.63, 3.8) is 0 Å². The Bertz CT molecular complexity index is 2170. The summed E-state index contributed by atoms with van der Waals surface area (Å²) in [6, 6.07) is 0. The molecule has 508 valence electrons. The first kappa shape index (κ1) is 85.1. The molecule has 0 aliphatic heterocycles. The molecule has 1 N–H and O–H groups in total. The zero-order valence-corrected chi connectivity index (χ0v) is 58.7. The minimum absolute atomic E-state index is 0.0207. The molecule has 0 aromatic carbocycles. The van der Waals surface area contributed by atoms with Crippen molar-refractivity contribution in [2.24, 2.45) is 0 Å². The summed E-state index contributed by atoms with van der Waals surface area (Å²) >= 11 is 0. The third kappa shape index (κ3) is 72.2. The summed E-state index contributed by atoms with van der Waals surface area (Å²) in [6.07, 6.45) is 106. The van der Waals surface area contributed by atoms with Crippen LogP contribution in [0.2, 0.25) is 0 Å². The molecule has 90 heavy (non-hydrogen) atoms. The van der Waals surface area contributed by atoms with E-state index in [0.29, 0.717) is 17.4 Å². The predicted molar refractivity (Wildman–Crippen MR) is 389 cm³/mol. The van der Waals surface area contributed by atoms with Crippen LogP contribution >= 0.6 is 7.82 Å². The lowest BCUT2D eigenvalue weighted by molar-refractivity contribution is -0.870. The first-order valence-electron chi connectivity index (χ1n) is 35.5. The Hall–Kier alpha value is -4.89. The molecule has 0 aliphatic rings. The van der Waals surface area contributed by atoms with E-state index in [1.54, 1.807) is 0 Å². The fourth-order valence-electron chi connectivity index (χ4n) is 9.07. The number of carbonyl (C=O) groups is 2. The van der Waals surface area contributed by atoms with Gasteiger partial charge >= 0.3 is 19.8 Å². The van der Waals surface area contributed by atoms with Gasteiger partial charge in [-0.05, 0) is 135 Å². The monoisotopic (exact) mass is 1260 g/mol. The first-order valence-corrected chi connectivity index (χ1v) is 37.0. The lowest BCUT2D eigenvalue weighted by Crippen LogP contribution is -2.37. The fraction of sp³-hybridized carbons (Fsp3) is 0.600.